The topological polar surface area (TPSA) is 95.6 Å². The van der Waals surface area contributed by atoms with Gasteiger partial charge in [-0.15, -0.1) is 11.3 Å². The highest BCUT2D eigenvalue weighted by Crippen LogP contribution is 2.32. The molecule has 1 unspecified atom stereocenters. The quantitative estimate of drug-likeness (QED) is 0.616. The van der Waals surface area contributed by atoms with Gasteiger partial charge in [-0.3, -0.25) is 24.5 Å². The van der Waals surface area contributed by atoms with Crippen molar-refractivity contribution in [2.24, 2.45) is 0 Å². The molecule has 3 heterocycles. The van der Waals surface area contributed by atoms with Crippen LogP contribution in [0.15, 0.2) is 41.8 Å². The first kappa shape index (κ1) is 19.4. The number of nitrogens with one attached hydrogen (secondary N) is 2. The van der Waals surface area contributed by atoms with Crippen LogP contribution in [0, 0.1) is 5.82 Å². The minimum absolute atomic E-state index is 0.180. The van der Waals surface area contributed by atoms with E-state index in [1.54, 1.807) is 29.6 Å². The summed E-state index contributed by atoms with van der Waals surface area (Å²) in [5, 5.41) is 7.44. The lowest BCUT2D eigenvalue weighted by Crippen LogP contribution is -2.52. The number of hydrogen-bond donors (Lipinski definition) is 2. The molecule has 1 aromatic heterocycles. The molecular formula is C22H16FN3O4S. The number of thiophene rings is 1. The van der Waals surface area contributed by atoms with Crippen LogP contribution in [-0.2, 0) is 16.1 Å². The van der Waals surface area contributed by atoms with E-state index in [4.69, 9.17) is 0 Å². The van der Waals surface area contributed by atoms with E-state index in [2.05, 4.69) is 10.6 Å². The summed E-state index contributed by atoms with van der Waals surface area (Å²) in [6.45, 7) is 0.189. The number of anilines is 1. The summed E-state index contributed by atoms with van der Waals surface area (Å²) in [6.07, 6.45) is 0.457. The van der Waals surface area contributed by atoms with Gasteiger partial charge in [0.05, 0.1) is 5.69 Å². The van der Waals surface area contributed by atoms with E-state index < -0.39 is 11.9 Å². The molecule has 0 saturated carbocycles. The number of halogens is 1. The normalized spacial score (nSPS) is 18.3. The molecule has 1 fully saturated rings. The van der Waals surface area contributed by atoms with Crippen molar-refractivity contribution in [2.75, 3.05) is 5.32 Å². The molecule has 4 amide bonds. The molecule has 3 aromatic rings. The minimum Gasteiger partial charge on any atom is -0.322 e. The number of fused-ring (bicyclic) bond motifs is 2. The highest BCUT2D eigenvalue weighted by Gasteiger charge is 2.39. The molecule has 2 aliphatic rings. The van der Waals surface area contributed by atoms with Crippen molar-refractivity contribution in [1.82, 2.24) is 10.2 Å². The summed E-state index contributed by atoms with van der Waals surface area (Å²) in [4.78, 5) is 50.5. The standard InChI is InChI=1S/C22H16FN3O4S/c23-13-2-5-18-15(8-13)16(10-31-18)24-20(28)11-1-3-14-12(7-11)9-26(22(14)30)17-4-6-19(27)25-21(17)29/h1-3,5,7-8,10,17H,4,6,9H2,(H,24,28)(H,25,27,29). The summed E-state index contributed by atoms with van der Waals surface area (Å²) in [7, 11) is 0. The highest BCUT2D eigenvalue weighted by molar-refractivity contribution is 7.17. The Labute approximate surface area is 179 Å². The summed E-state index contributed by atoms with van der Waals surface area (Å²) in [5.41, 5.74) is 1.95. The monoisotopic (exact) mass is 437 g/mol. The SMILES string of the molecule is O=C1CCC(N2Cc3cc(C(=O)Nc4csc5ccc(F)cc45)ccc3C2=O)C(=O)N1. The van der Waals surface area contributed by atoms with Crippen molar-refractivity contribution in [1.29, 1.82) is 0 Å². The fraction of sp³-hybridized carbons (Fsp3) is 0.182. The van der Waals surface area contributed by atoms with Gasteiger partial charge in [-0.2, -0.15) is 0 Å². The molecule has 0 radical (unpaired) electrons. The summed E-state index contributed by atoms with van der Waals surface area (Å²) in [6, 6.07) is 8.46. The van der Waals surface area contributed by atoms with Crippen LogP contribution < -0.4 is 10.6 Å². The second-order valence-electron chi connectivity index (χ2n) is 7.52. The first-order valence-corrected chi connectivity index (χ1v) is 10.5. The minimum atomic E-state index is -0.707. The average molecular weight is 437 g/mol. The number of imide groups is 1. The predicted molar refractivity (Wildman–Crippen MR) is 112 cm³/mol. The van der Waals surface area contributed by atoms with Gasteiger partial charge in [0.2, 0.25) is 11.8 Å². The van der Waals surface area contributed by atoms with Crippen LogP contribution in [0.4, 0.5) is 10.1 Å². The molecular weight excluding hydrogens is 421 g/mol. The van der Waals surface area contributed by atoms with Gasteiger partial charge in [0.1, 0.15) is 11.9 Å². The summed E-state index contributed by atoms with van der Waals surface area (Å²) in [5.74, 6) is -1.88. The Bertz CT molecular complexity index is 1280. The molecule has 1 saturated heterocycles. The number of benzene rings is 2. The van der Waals surface area contributed by atoms with Crippen LogP contribution in [0.25, 0.3) is 10.1 Å². The zero-order valence-electron chi connectivity index (χ0n) is 16.1. The van der Waals surface area contributed by atoms with Gasteiger partial charge in [-0.05, 0) is 48.4 Å². The number of hydrogen-bond acceptors (Lipinski definition) is 5. The van der Waals surface area contributed by atoms with E-state index in [9.17, 15) is 23.6 Å². The molecule has 2 N–H and O–H groups in total. The second-order valence-corrected chi connectivity index (χ2v) is 8.43. The van der Waals surface area contributed by atoms with Crippen LogP contribution in [0.5, 0.6) is 0 Å². The largest absolute Gasteiger partial charge is 0.322 e. The Morgan fingerprint density at radius 3 is 2.81 bits per heavy atom. The maximum Gasteiger partial charge on any atom is 0.255 e. The van der Waals surface area contributed by atoms with Gasteiger partial charge < -0.3 is 10.2 Å². The lowest BCUT2D eigenvalue weighted by molar-refractivity contribution is -0.136. The first-order valence-electron chi connectivity index (χ1n) is 9.66. The Hall–Kier alpha value is -3.59. The van der Waals surface area contributed by atoms with Crippen LogP contribution in [0.3, 0.4) is 0 Å². The van der Waals surface area contributed by atoms with Crippen molar-refractivity contribution in [3.05, 3.63) is 64.3 Å². The van der Waals surface area contributed by atoms with E-state index >= 15 is 0 Å². The maximum atomic E-state index is 13.6. The predicted octanol–water partition coefficient (Wildman–Crippen LogP) is 3.05. The van der Waals surface area contributed by atoms with Crippen LogP contribution in [0.2, 0.25) is 0 Å². The van der Waals surface area contributed by atoms with Gasteiger partial charge in [-0.1, -0.05) is 0 Å². The van der Waals surface area contributed by atoms with E-state index in [1.165, 1.54) is 28.4 Å². The number of nitrogens with zero attached hydrogens (tertiary/aromatic N) is 1. The summed E-state index contributed by atoms with van der Waals surface area (Å²) < 4.78 is 14.4. The van der Waals surface area contributed by atoms with E-state index in [1.807, 2.05) is 0 Å². The number of carbonyl (C=O) groups is 4. The van der Waals surface area contributed by atoms with Crippen molar-refractivity contribution < 1.29 is 23.6 Å². The third-order valence-corrected chi connectivity index (χ3v) is 6.53. The summed E-state index contributed by atoms with van der Waals surface area (Å²) >= 11 is 1.40. The average Bonchev–Trinajstić information content (AvgIpc) is 3.28. The lowest BCUT2D eigenvalue weighted by atomic mass is 10.0. The fourth-order valence-corrected chi connectivity index (χ4v) is 4.88. The van der Waals surface area contributed by atoms with Gasteiger partial charge >= 0.3 is 0 Å². The zero-order chi connectivity index (χ0) is 21.7. The number of carbonyl (C=O) groups excluding carboxylic acids is 4. The van der Waals surface area contributed by atoms with Gasteiger partial charge in [0, 0.05) is 39.6 Å². The molecule has 2 aromatic carbocycles. The smallest absolute Gasteiger partial charge is 0.255 e. The maximum absolute atomic E-state index is 13.6. The van der Waals surface area contributed by atoms with Gasteiger partial charge in [0.15, 0.2) is 0 Å². The van der Waals surface area contributed by atoms with Crippen molar-refractivity contribution in [2.45, 2.75) is 25.4 Å². The molecule has 156 valence electrons. The Morgan fingerprint density at radius 2 is 2.00 bits per heavy atom. The van der Waals surface area contributed by atoms with Gasteiger partial charge in [-0.25, -0.2) is 4.39 Å². The molecule has 1 atom stereocenters. The van der Waals surface area contributed by atoms with Crippen LogP contribution in [-0.4, -0.2) is 34.6 Å². The van der Waals surface area contributed by atoms with Crippen molar-refractivity contribution in [3.63, 3.8) is 0 Å². The second kappa shape index (κ2) is 7.28. The van der Waals surface area contributed by atoms with Gasteiger partial charge in [0.25, 0.3) is 11.8 Å². The van der Waals surface area contributed by atoms with E-state index in [0.717, 1.165) is 4.70 Å². The first-order chi connectivity index (χ1) is 14.9. The molecule has 0 bridgehead atoms. The molecule has 5 rings (SSSR count). The number of piperidine rings is 1. The zero-order valence-corrected chi connectivity index (χ0v) is 16.9. The molecule has 0 spiro atoms. The number of amides is 4. The molecule has 31 heavy (non-hydrogen) atoms. The van der Waals surface area contributed by atoms with Crippen molar-refractivity contribution >= 4 is 50.7 Å². The lowest BCUT2D eigenvalue weighted by Gasteiger charge is -2.29. The molecule has 9 heteroatoms. The molecule has 7 nitrogen and oxygen atoms in total. The van der Waals surface area contributed by atoms with Crippen molar-refractivity contribution in [3.8, 4) is 0 Å². The van der Waals surface area contributed by atoms with Crippen LogP contribution in [0.1, 0.15) is 39.1 Å². The third kappa shape index (κ3) is 3.36. The Balaban J connectivity index is 1.37. The van der Waals surface area contributed by atoms with E-state index in [-0.39, 0.29) is 42.9 Å². The highest BCUT2D eigenvalue weighted by atomic mass is 32.1. The van der Waals surface area contributed by atoms with E-state index in [0.29, 0.717) is 27.8 Å². The molecule has 0 aliphatic carbocycles. The Kier molecular flexibility index (Phi) is 4.55. The fourth-order valence-electron chi connectivity index (χ4n) is 4.01. The molecule has 2 aliphatic heterocycles. The van der Waals surface area contributed by atoms with Crippen LogP contribution >= 0.6 is 11.3 Å². The number of rotatable bonds is 3. The third-order valence-electron chi connectivity index (χ3n) is 5.57. The Morgan fingerprint density at radius 1 is 1.16 bits per heavy atom.